The molecule has 2 rings (SSSR count). The molecule has 1 N–H and O–H groups in total. The molecule has 0 fully saturated rings. The van der Waals surface area contributed by atoms with E-state index >= 15 is 0 Å². The van der Waals surface area contributed by atoms with E-state index in [9.17, 15) is 18.0 Å². The average Bonchev–Trinajstić information content (AvgIpc) is 2.89. The second kappa shape index (κ2) is 14.5. The molecular formula is C27H39N3O6S. The van der Waals surface area contributed by atoms with Crippen LogP contribution in [-0.4, -0.2) is 64.7 Å². The Hall–Kier alpha value is -3.27. The summed E-state index contributed by atoms with van der Waals surface area (Å²) >= 11 is 0. The fourth-order valence-electron chi connectivity index (χ4n) is 3.98. The summed E-state index contributed by atoms with van der Waals surface area (Å²) in [6.45, 7) is 4.75. The third-order valence-corrected chi connectivity index (χ3v) is 7.13. The molecule has 0 unspecified atom stereocenters. The van der Waals surface area contributed by atoms with Gasteiger partial charge < -0.3 is 19.7 Å². The minimum Gasteiger partial charge on any atom is -0.497 e. The Morgan fingerprint density at radius 1 is 1.00 bits per heavy atom. The van der Waals surface area contributed by atoms with Gasteiger partial charge in [-0.1, -0.05) is 32.0 Å². The maximum absolute atomic E-state index is 13.5. The molecule has 0 heterocycles. The lowest BCUT2D eigenvalue weighted by molar-refractivity contribution is -0.141. The van der Waals surface area contributed by atoms with Crippen molar-refractivity contribution >= 4 is 27.5 Å². The summed E-state index contributed by atoms with van der Waals surface area (Å²) in [6.07, 6.45) is 2.76. The van der Waals surface area contributed by atoms with Crippen molar-refractivity contribution in [3.63, 3.8) is 0 Å². The van der Waals surface area contributed by atoms with Gasteiger partial charge in [0.25, 0.3) is 0 Å². The van der Waals surface area contributed by atoms with E-state index in [2.05, 4.69) is 5.32 Å². The van der Waals surface area contributed by atoms with E-state index in [0.717, 1.165) is 18.2 Å². The second-order valence-corrected chi connectivity index (χ2v) is 10.6. The molecule has 0 radical (unpaired) electrons. The van der Waals surface area contributed by atoms with Gasteiger partial charge in [-0.15, -0.1) is 0 Å². The van der Waals surface area contributed by atoms with Crippen LogP contribution in [0, 0.1) is 0 Å². The highest BCUT2D eigenvalue weighted by Gasteiger charge is 2.28. The van der Waals surface area contributed by atoms with Crippen molar-refractivity contribution in [2.45, 2.75) is 52.1 Å². The Bertz CT molecular complexity index is 1120. The lowest BCUT2D eigenvalue weighted by atomic mass is 10.1. The van der Waals surface area contributed by atoms with Gasteiger partial charge in [-0.25, -0.2) is 8.42 Å². The van der Waals surface area contributed by atoms with Crippen molar-refractivity contribution in [1.29, 1.82) is 0 Å². The van der Waals surface area contributed by atoms with Crippen molar-refractivity contribution < 1.29 is 27.5 Å². The smallest absolute Gasteiger partial charge is 0.242 e. The molecule has 0 saturated heterocycles. The van der Waals surface area contributed by atoms with Crippen LogP contribution < -0.4 is 19.1 Å². The van der Waals surface area contributed by atoms with E-state index in [1.165, 1.54) is 11.4 Å². The molecular weight excluding hydrogens is 494 g/mol. The van der Waals surface area contributed by atoms with Gasteiger partial charge in [-0.05, 0) is 49.1 Å². The number of hydrogen-bond acceptors (Lipinski definition) is 6. The summed E-state index contributed by atoms with van der Waals surface area (Å²) in [4.78, 5) is 27.9. The lowest BCUT2D eigenvalue weighted by Crippen LogP contribution is -2.49. The first-order valence-electron chi connectivity index (χ1n) is 12.5. The number of carbonyl (C=O) groups is 2. The van der Waals surface area contributed by atoms with Crippen LogP contribution in [0.5, 0.6) is 11.5 Å². The quantitative estimate of drug-likeness (QED) is 0.375. The van der Waals surface area contributed by atoms with Gasteiger partial charge in [-0.3, -0.25) is 13.9 Å². The number of hydrogen-bond donors (Lipinski definition) is 1. The van der Waals surface area contributed by atoms with Crippen molar-refractivity contribution in [3.8, 4) is 11.5 Å². The molecule has 0 saturated carbocycles. The molecule has 2 aromatic rings. The highest BCUT2D eigenvalue weighted by atomic mass is 32.2. The topological polar surface area (TPSA) is 105 Å². The second-order valence-electron chi connectivity index (χ2n) is 8.72. The molecule has 0 aromatic heterocycles. The van der Waals surface area contributed by atoms with Gasteiger partial charge in [0.2, 0.25) is 21.8 Å². The van der Waals surface area contributed by atoms with E-state index in [4.69, 9.17) is 9.47 Å². The van der Waals surface area contributed by atoms with Crippen LogP contribution in [0.1, 0.15) is 45.1 Å². The summed E-state index contributed by atoms with van der Waals surface area (Å²) in [6, 6.07) is 13.5. The molecule has 2 amide bonds. The van der Waals surface area contributed by atoms with Gasteiger partial charge in [-0.2, -0.15) is 0 Å². The van der Waals surface area contributed by atoms with E-state index in [1.54, 1.807) is 36.3 Å². The molecule has 37 heavy (non-hydrogen) atoms. The van der Waals surface area contributed by atoms with Crippen molar-refractivity contribution in [2.24, 2.45) is 0 Å². The van der Waals surface area contributed by atoms with Crippen LogP contribution in [0.3, 0.4) is 0 Å². The van der Waals surface area contributed by atoms with Crippen LogP contribution in [0.15, 0.2) is 48.5 Å². The molecule has 0 bridgehead atoms. The van der Waals surface area contributed by atoms with Crippen LogP contribution in [0.25, 0.3) is 0 Å². The molecule has 0 aliphatic heterocycles. The van der Waals surface area contributed by atoms with E-state index < -0.39 is 16.1 Å². The summed E-state index contributed by atoms with van der Waals surface area (Å²) in [5.41, 5.74) is 1.33. The fraction of sp³-hybridized carbons (Fsp3) is 0.481. The standard InChI is InChI=1S/C27H39N3O6S/c1-6-17-28-27(32)25(7-2)29(20-21-13-15-23(35-3)16-14-21)26(31)12-9-18-30(37(5,33)34)22-10-8-11-24(19-22)36-4/h8,10-11,13-16,19,25H,6-7,9,12,17-18,20H2,1-5H3,(H,28,32)/t25-/m0/s1. The third kappa shape index (κ3) is 8.96. The maximum atomic E-state index is 13.5. The number of benzene rings is 2. The monoisotopic (exact) mass is 533 g/mol. The van der Waals surface area contributed by atoms with Crippen molar-refractivity contribution in [1.82, 2.24) is 10.2 Å². The first kappa shape index (κ1) is 30.0. The zero-order valence-electron chi connectivity index (χ0n) is 22.4. The highest BCUT2D eigenvalue weighted by Crippen LogP contribution is 2.24. The van der Waals surface area contributed by atoms with Gasteiger partial charge >= 0.3 is 0 Å². The molecule has 204 valence electrons. The van der Waals surface area contributed by atoms with Crippen molar-refractivity contribution in [2.75, 3.05) is 37.9 Å². The molecule has 0 spiro atoms. The largest absolute Gasteiger partial charge is 0.497 e. The number of amides is 2. The number of sulfonamides is 1. The Balaban J connectivity index is 2.21. The van der Waals surface area contributed by atoms with Crippen LogP contribution in [-0.2, 0) is 26.2 Å². The van der Waals surface area contributed by atoms with E-state index in [0.29, 0.717) is 30.2 Å². The number of ether oxygens (including phenoxy) is 2. The Morgan fingerprint density at radius 2 is 1.68 bits per heavy atom. The van der Waals surface area contributed by atoms with Crippen molar-refractivity contribution in [3.05, 3.63) is 54.1 Å². The molecule has 9 nitrogen and oxygen atoms in total. The summed E-state index contributed by atoms with van der Waals surface area (Å²) < 4.78 is 36.7. The van der Waals surface area contributed by atoms with Gasteiger partial charge in [0.1, 0.15) is 17.5 Å². The Kier molecular flexibility index (Phi) is 11.7. The van der Waals surface area contributed by atoms with E-state index in [1.807, 2.05) is 38.1 Å². The lowest BCUT2D eigenvalue weighted by Gasteiger charge is -2.31. The first-order valence-corrected chi connectivity index (χ1v) is 14.3. The zero-order chi connectivity index (χ0) is 27.4. The number of rotatable bonds is 15. The number of methoxy groups -OCH3 is 2. The number of carbonyl (C=O) groups excluding carboxylic acids is 2. The number of anilines is 1. The Labute approximate surface area is 220 Å². The maximum Gasteiger partial charge on any atom is 0.242 e. The van der Waals surface area contributed by atoms with Gasteiger partial charge in [0, 0.05) is 32.1 Å². The van der Waals surface area contributed by atoms with E-state index in [-0.39, 0.29) is 37.7 Å². The number of nitrogens with zero attached hydrogens (tertiary/aromatic N) is 2. The molecule has 0 aliphatic rings. The first-order chi connectivity index (χ1) is 17.6. The molecule has 10 heteroatoms. The van der Waals surface area contributed by atoms with Crippen LogP contribution in [0.2, 0.25) is 0 Å². The average molecular weight is 534 g/mol. The zero-order valence-corrected chi connectivity index (χ0v) is 23.2. The molecule has 0 aliphatic carbocycles. The summed E-state index contributed by atoms with van der Waals surface area (Å²) in [5, 5.41) is 2.90. The summed E-state index contributed by atoms with van der Waals surface area (Å²) in [5.74, 6) is 0.832. The molecule has 1 atom stereocenters. The normalized spacial score (nSPS) is 11.9. The minimum atomic E-state index is -3.58. The summed E-state index contributed by atoms with van der Waals surface area (Å²) in [7, 11) is -0.485. The third-order valence-electron chi connectivity index (χ3n) is 5.94. The highest BCUT2D eigenvalue weighted by molar-refractivity contribution is 7.92. The predicted octanol–water partition coefficient (Wildman–Crippen LogP) is 3.58. The number of nitrogens with one attached hydrogen (secondary N) is 1. The Morgan fingerprint density at radius 3 is 2.24 bits per heavy atom. The SMILES string of the molecule is CCCNC(=O)[C@H](CC)N(Cc1ccc(OC)cc1)C(=O)CCCN(c1cccc(OC)c1)S(C)(=O)=O. The minimum absolute atomic E-state index is 0.0870. The van der Waals surface area contributed by atoms with Gasteiger partial charge in [0.05, 0.1) is 26.2 Å². The predicted molar refractivity (Wildman–Crippen MR) is 145 cm³/mol. The van der Waals surface area contributed by atoms with Crippen LogP contribution >= 0.6 is 0 Å². The fourth-order valence-corrected chi connectivity index (χ4v) is 4.94. The molecule has 2 aromatic carbocycles. The van der Waals surface area contributed by atoms with Crippen LogP contribution in [0.4, 0.5) is 5.69 Å². The van der Waals surface area contributed by atoms with Gasteiger partial charge in [0.15, 0.2) is 0 Å².